The summed E-state index contributed by atoms with van der Waals surface area (Å²) in [5, 5.41) is 0. The predicted molar refractivity (Wildman–Crippen MR) is 130 cm³/mol. The van der Waals surface area contributed by atoms with Crippen molar-refractivity contribution in [2.75, 3.05) is 0 Å². The molecule has 0 radical (unpaired) electrons. The summed E-state index contributed by atoms with van der Waals surface area (Å²) < 4.78 is 29.9. The summed E-state index contributed by atoms with van der Waals surface area (Å²) in [7, 11) is 0. The summed E-state index contributed by atoms with van der Waals surface area (Å²) in [5.74, 6) is -0.364. The summed E-state index contributed by atoms with van der Waals surface area (Å²) in [6, 6.07) is 19.0. The van der Waals surface area contributed by atoms with Crippen LogP contribution in [0.3, 0.4) is 0 Å². The molecule has 168 valence electrons. The molecule has 0 bridgehead atoms. The van der Waals surface area contributed by atoms with E-state index in [2.05, 4.69) is 31.2 Å². The fraction of sp³-hybridized carbons (Fsp3) is 0.379. The molecule has 0 amide bonds. The van der Waals surface area contributed by atoms with Crippen molar-refractivity contribution in [3.05, 3.63) is 83.4 Å². The topological polar surface area (TPSA) is 26.0 Å². The molecular formula is C29H33F2N. The highest BCUT2D eigenvalue weighted by Gasteiger charge is 2.23. The highest BCUT2D eigenvalue weighted by Crippen LogP contribution is 2.36. The van der Waals surface area contributed by atoms with E-state index in [9.17, 15) is 8.78 Å². The molecule has 1 saturated carbocycles. The van der Waals surface area contributed by atoms with Gasteiger partial charge in [-0.05, 0) is 84.4 Å². The van der Waals surface area contributed by atoms with Gasteiger partial charge in [-0.15, -0.1) is 0 Å². The van der Waals surface area contributed by atoms with Gasteiger partial charge < -0.3 is 5.73 Å². The third kappa shape index (κ3) is 5.27. The molecule has 0 atom stereocenters. The molecule has 1 aliphatic carbocycles. The molecule has 3 aromatic rings. The lowest BCUT2D eigenvalue weighted by Crippen LogP contribution is -2.26. The molecule has 0 heterocycles. The standard InChI is InChI=1S/C29H33F2N/c1-2-3-4-5-20-6-8-21(9-7-20)23-12-16-27(28(30)18-23)24-13-17-26(29(31)19-24)22-10-14-25(32)15-11-22/h6-9,12-13,16-19,22,25H,2-5,10-11,14-15,32H2,1H3. The van der Waals surface area contributed by atoms with Gasteiger partial charge in [0.05, 0.1) is 0 Å². The number of halogens is 2. The average Bonchev–Trinajstić information content (AvgIpc) is 2.80. The molecule has 32 heavy (non-hydrogen) atoms. The van der Waals surface area contributed by atoms with Gasteiger partial charge in [0.2, 0.25) is 0 Å². The van der Waals surface area contributed by atoms with Crippen molar-refractivity contribution in [1.82, 2.24) is 0 Å². The van der Waals surface area contributed by atoms with Crippen LogP contribution >= 0.6 is 0 Å². The van der Waals surface area contributed by atoms with E-state index in [0.29, 0.717) is 11.1 Å². The van der Waals surface area contributed by atoms with Crippen molar-refractivity contribution < 1.29 is 8.78 Å². The minimum absolute atomic E-state index is 0.209. The summed E-state index contributed by atoms with van der Waals surface area (Å²) >= 11 is 0. The molecule has 1 nitrogen and oxygen atoms in total. The van der Waals surface area contributed by atoms with Crippen molar-refractivity contribution in [3.63, 3.8) is 0 Å². The Balaban J connectivity index is 1.50. The molecule has 4 rings (SSSR count). The van der Waals surface area contributed by atoms with Crippen molar-refractivity contribution >= 4 is 0 Å². The van der Waals surface area contributed by atoms with E-state index in [1.165, 1.54) is 30.9 Å². The van der Waals surface area contributed by atoms with Crippen LogP contribution in [-0.4, -0.2) is 6.04 Å². The van der Waals surface area contributed by atoms with Crippen molar-refractivity contribution in [2.24, 2.45) is 5.73 Å². The van der Waals surface area contributed by atoms with Crippen LogP contribution < -0.4 is 5.73 Å². The molecule has 0 saturated heterocycles. The monoisotopic (exact) mass is 433 g/mol. The van der Waals surface area contributed by atoms with Crippen LogP contribution in [0.5, 0.6) is 0 Å². The van der Waals surface area contributed by atoms with Gasteiger partial charge in [-0.2, -0.15) is 0 Å². The van der Waals surface area contributed by atoms with Gasteiger partial charge in [0.1, 0.15) is 11.6 Å². The van der Waals surface area contributed by atoms with Crippen molar-refractivity contribution in [2.45, 2.75) is 70.3 Å². The number of hydrogen-bond acceptors (Lipinski definition) is 1. The Morgan fingerprint density at radius 1 is 0.750 bits per heavy atom. The van der Waals surface area contributed by atoms with Crippen LogP contribution in [0.4, 0.5) is 8.78 Å². The molecule has 0 aliphatic heterocycles. The van der Waals surface area contributed by atoms with Crippen LogP contribution in [0.15, 0.2) is 60.7 Å². The molecule has 1 fully saturated rings. The van der Waals surface area contributed by atoms with E-state index in [1.54, 1.807) is 12.1 Å². The van der Waals surface area contributed by atoms with E-state index in [0.717, 1.165) is 48.8 Å². The van der Waals surface area contributed by atoms with Crippen LogP contribution in [-0.2, 0) is 6.42 Å². The Morgan fingerprint density at radius 2 is 1.41 bits per heavy atom. The van der Waals surface area contributed by atoms with Crippen LogP contribution in [0.2, 0.25) is 0 Å². The van der Waals surface area contributed by atoms with E-state index < -0.39 is 0 Å². The Bertz CT molecular complexity index is 1030. The zero-order chi connectivity index (χ0) is 22.5. The molecule has 0 unspecified atom stereocenters. The first-order valence-corrected chi connectivity index (χ1v) is 12.0. The van der Waals surface area contributed by atoms with Gasteiger partial charge >= 0.3 is 0 Å². The zero-order valence-corrected chi connectivity index (χ0v) is 18.9. The molecule has 0 spiro atoms. The maximum atomic E-state index is 15.0. The fourth-order valence-electron chi connectivity index (χ4n) is 4.83. The number of aryl methyl sites for hydroxylation is 1. The number of rotatable bonds is 7. The number of unbranched alkanes of at least 4 members (excludes halogenated alkanes) is 2. The minimum atomic E-state index is -0.328. The molecular weight excluding hydrogens is 400 g/mol. The van der Waals surface area contributed by atoms with Gasteiger partial charge in [-0.3, -0.25) is 0 Å². The van der Waals surface area contributed by atoms with Crippen LogP contribution in [0.25, 0.3) is 22.3 Å². The predicted octanol–water partition coefficient (Wildman–Crippen LogP) is 8.02. The van der Waals surface area contributed by atoms with Gasteiger partial charge in [0.15, 0.2) is 0 Å². The second-order valence-corrected chi connectivity index (χ2v) is 9.20. The lowest BCUT2D eigenvalue weighted by molar-refractivity contribution is 0.387. The average molecular weight is 434 g/mol. The number of hydrogen-bond donors (Lipinski definition) is 1. The lowest BCUT2D eigenvalue weighted by Gasteiger charge is -2.26. The molecule has 3 heteroatoms. The lowest BCUT2D eigenvalue weighted by atomic mass is 9.81. The SMILES string of the molecule is CCCCCc1ccc(-c2ccc(-c3ccc(C4CCC(N)CC4)c(F)c3)c(F)c2)cc1. The first-order chi connectivity index (χ1) is 15.5. The van der Waals surface area contributed by atoms with Gasteiger partial charge in [-0.1, -0.05) is 68.3 Å². The normalized spacial score (nSPS) is 18.6. The fourth-order valence-corrected chi connectivity index (χ4v) is 4.83. The van der Waals surface area contributed by atoms with E-state index in [4.69, 9.17) is 5.73 Å². The highest BCUT2D eigenvalue weighted by molar-refractivity contribution is 5.71. The Kier molecular flexibility index (Phi) is 7.36. The van der Waals surface area contributed by atoms with Crippen LogP contribution in [0.1, 0.15) is 68.9 Å². The second-order valence-electron chi connectivity index (χ2n) is 9.20. The molecule has 1 aliphatic rings. The maximum Gasteiger partial charge on any atom is 0.131 e. The first kappa shape index (κ1) is 22.7. The smallest absolute Gasteiger partial charge is 0.131 e. The molecule has 3 aromatic carbocycles. The third-order valence-electron chi connectivity index (χ3n) is 6.85. The van der Waals surface area contributed by atoms with E-state index in [1.807, 2.05) is 18.2 Å². The minimum Gasteiger partial charge on any atom is -0.328 e. The Hall–Kier alpha value is -2.52. The van der Waals surface area contributed by atoms with Gasteiger partial charge in [0.25, 0.3) is 0 Å². The summed E-state index contributed by atoms with van der Waals surface area (Å²) in [6.07, 6.45) is 8.43. The Morgan fingerprint density at radius 3 is 2.06 bits per heavy atom. The van der Waals surface area contributed by atoms with Gasteiger partial charge in [0, 0.05) is 11.6 Å². The van der Waals surface area contributed by atoms with Crippen molar-refractivity contribution in [3.8, 4) is 22.3 Å². The second kappa shape index (κ2) is 10.4. The summed E-state index contributed by atoms with van der Waals surface area (Å²) in [6.45, 7) is 2.21. The summed E-state index contributed by atoms with van der Waals surface area (Å²) in [4.78, 5) is 0. The van der Waals surface area contributed by atoms with Gasteiger partial charge in [-0.25, -0.2) is 8.78 Å². The quantitative estimate of drug-likeness (QED) is 0.375. The zero-order valence-electron chi connectivity index (χ0n) is 18.9. The molecule has 2 N–H and O–H groups in total. The highest BCUT2D eigenvalue weighted by atomic mass is 19.1. The van der Waals surface area contributed by atoms with E-state index >= 15 is 0 Å². The third-order valence-corrected chi connectivity index (χ3v) is 6.85. The first-order valence-electron chi connectivity index (χ1n) is 12.0. The molecule has 0 aromatic heterocycles. The number of nitrogens with two attached hydrogens (primary N) is 1. The van der Waals surface area contributed by atoms with Crippen LogP contribution in [0, 0.1) is 11.6 Å². The maximum absolute atomic E-state index is 15.0. The number of benzene rings is 3. The largest absolute Gasteiger partial charge is 0.328 e. The summed E-state index contributed by atoms with van der Waals surface area (Å²) in [5.41, 5.74) is 10.9. The van der Waals surface area contributed by atoms with Crippen molar-refractivity contribution in [1.29, 1.82) is 0 Å². The Labute approximate surface area is 190 Å². The van der Waals surface area contributed by atoms with E-state index in [-0.39, 0.29) is 23.6 Å².